The van der Waals surface area contributed by atoms with Gasteiger partial charge in [-0.15, -0.1) is 11.3 Å². The van der Waals surface area contributed by atoms with E-state index in [1.54, 1.807) is 0 Å². The van der Waals surface area contributed by atoms with Gasteiger partial charge in [0.2, 0.25) is 0 Å². The number of benzene rings is 1. The maximum Gasteiger partial charge on any atom is 0.0208 e. The molecular weight excluding hydrogens is 262 g/mol. The molecule has 1 heterocycles. The minimum atomic E-state index is 0.932. The Hall–Kier alpha value is -1.38. The van der Waals surface area contributed by atoms with Gasteiger partial charge < -0.3 is 5.32 Å². The number of hydrogen-bond donors (Lipinski definition) is 1. The molecule has 0 saturated carbocycles. The van der Waals surface area contributed by atoms with E-state index in [9.17, 15) is 0 Å². The minimum Gasteiger partial charge on any atom is -0.309 e. The van der Waals surface area contributed by atoms with E-state index < -0.39 is 0 Å². The van der Waals surface area contributed by atoms with Gasteiger partial charge in [0.15, 0.2) is 0 Å². The summed E-state index contributed by atoms with van der Waals surface area (Å²) in [5.74, 6) is 0. The quantitative estimate of drug-likeness (QED) is 0.757. The van der Waals surface area contributed by atoms with Crippen LogP contribution in [0.2, 0.25) is 0 Å². The van der Waals surface area contributed by atoms with Gasteiger partial charge >= 0.3 is 0 Å². The molecule has 0 fully saturated rings. The number of thiophene rings is 1. The third kappa shape index (κ3) is 4.62. The van der Waals surface area contributed by atoms with Crippen molar-refractivity contribution in [2.24, 2.45) is 0 Å². The van der Waals surface area contributed by atoms with Crippen molar-refractivity contribution < 1.29 is 0 Å². The summed E-state index contributed by atoms with van der Waals surface area (Å²) in [6.07, 6.45) is 1.07. The molecule has 1 nitrogen and oxygen atoms in total. The van der Waals surface area contributed by atoms with Gasteiger partial charge in [0.05, 0.1) is 0 Å². The number of hydrogen-bond acceptors (Lipinski definition) is 2. The SMILES string of the molecule is CC(C)=C(CNCc1ccccc1)Cc1ccc(C)s1. The average Bonchev–Trinajstić information content (AvgIpc) is 2.84. The fourth-order valence-corrected chi connectivity index (χ4v) is 3.09. The Morgan fingerprint density at radius 1 is 1.05 bits per heavy atom. The van der Waals surface area contributed by atoms with Crippen LogP contribution in [0.5, 0.6) is 0 Å². The van der Waals surface area contributed by atoms with Crippen molar-refractivity contribution in [3.05, 3.63) is 68.9 Å². The minimum absolute atomic E-state index is 0.932. The van der Waals surface area contributed by atoms with Gasteiger partial charge in [0.1, 0.15) is 0 Å². The Balaban J connectivity index is 1.89. The Morgan fingerprint density at radius 2 is 1.80 bits per heavy atom. The van der Waals surface area contributed by atoms with Gasteiger partial charge in [-0.1, -0.05) is 41.5 Å². The summed E-state index contributed by atoms with van der Waals surface area (Å²) in [6, 6.07) is 15.0. The lowest BCUT2D eigenvalue weighted by molar-refractivity contribution is 0.725. The Bertz CT molecular complexity index is 562. The summed E-state index contributed by atoms with van der Waals surface area (Å²) < 4.78 is 0. The lowest BCUT2D eigenvalue weighted by Gasteiger charge is -2.11. The van der Waals surface area contributed by atoms with Crippen molar-refractivity contribution in [1.82, 2.24) is 5.32 Å². The molecular formula is C18H23NS. The third-order valence-corrected chi connectivity index (χ3v) is 4.40. The van der Waals surface area contributed by atoms with E-state index in [2.05, 4.69) is 68.6 Å². The molecule has 0 aliphatic carbocycles. The van der Waals surface area contributed by atoms with Crippen molar-refractivity contribution in [3.8, 4) is 0 Å². The molecule has 0 aliphatic heterocycles. The van der Waals surface area contributed by atoms with Crippen molar-refractivity contribution in [2.45, 2.75) is 33.7 Å². The molecule has 0 unspecified atom stereocenters. The monoisotopic (exact) mass is 285 g/mol. The van der Waals surface area contributed by atoms with Crippen molar-refractivity contribution >= 4 is 11.3 Å². The van der Waals surface area contributed by atoms with Gasteiger partial charge in [0.25, 0.3) is 0 Å². The molecule has 0 spiro atoms. The Kier molecular flexibility index (Phi) is 5.57. The fourth-order valence-electron chi connectivity index (χ4n) is 2.16. The first-order chi connectivity index (χ1) is 9.65. The van der Waals surface area contributed by atoms with E-state index in [1.807, 2.05) is 11.3 Å². The zero-order valence-electron chi connectivity index (χ0n) is 12.6. The van der Waals surface area contributed by atoms with Crippen LogP contribution in [0.1, 0.15) is 29.2 Å². The maximum atomic E-state index is 3.56. The largest absolute Gasteiger partial charge is 0.309 e. The van der Waals surface area contributed by atoms with E-state index >= 15 is 0 Å². The topological polar surface area (TPSA) is 12.0 Å². The molecule has 1 aromatic heterocycles. The summed E-state index contributed by atoms with van der Waals surface area (Å²) in [7, 11) is 0. The lowest BCUT2D eigenvalue weighted by atomic mass is 10.1. The van der Waals surface area contributed by atoms with Crippen LogP contribution in [0, 0.1) is 6.92 Å². The predicted molar refractivity (Wildman–Crippen MR) is 89.3 cm³/mol. The third-order valence-electron chi connectivity index (χ3n) is 3.40. The van der Waals surface area contributed by atoms with E-state index in [1.165, 1.54) is 26.5 Å². The first-order valence-corrected chi connectivity index (χ1v) is 7.92. The van der Waals surface area contributed by atoms with Crippen molar-refractivity contribution in [1.29, 1.82) is 0 Å². The van der Waals surface area contributed by atoms with E-state index in [-0.39, 0.29) is 0 Å². The van der Waals surface area contributed by atoms with Crippen LogP contribution in [0.4, 0.5) is 0 Å². The summed E-state index contributed by atoms with van der Waals surface area (Å²) in [4.78, 5) is 2.85. The van der Waals surface area contributed by atoms with Gasteiger partial charge in [-0.05, 0) is 38.5 Å². The number of aryl methyl sites for hydroxylation is 1. The van der Waals surface area contributed by atoms with E-state index in [0.29, 0.717) is 0 Å². The molecule has 0 saturated heterocycles. The highest BCUT2D eigenvalue weighted by atomic mass is 32.1. The first-order valence-electron chi connectivity index (χ1n) is 7.10. The zero-order valence-corrected chi connectivity index (χ0v) is 13.4. The molecule has 1 aromatic carbocycles. The van der Waals surface area contributed by atoms with Crippen molar-refractivity contribution in [3.63, 3.8) is 0 Å². The molecule has 0 aliphatic rings. The van der Waals surface area contributed by atoms with Crippen LogP contribution in [0.15, 0.2) is 53.6 Å². The highest BCUT2D eigenvalue weighted by Crippen LogP contribution is 2.20. The molecule has 106 valence electrons. The van der Waals surface area contributed by atoms with Crippen LogP contribution in [-0.4, -0.2) is 6.54 Å². The molecule has 2 aromatic rings. The highest BCUT2D eigenvalue weighted by molar-refractivity contribution is 7.11. The number of nitrogens with one attached hydrogen (secondary N) is 1. The molecule has 0 atom stereocenters. The molecule has 0 bridgehead atoms. The molecule has 2 heteroatoms. The van der Waals surface area contributed by atoms with Crippen LogP contribution >= 0.6 is 11.3 Å². The summed E-state index contributed by atoms with van der Waals surface area (Å²) in [6.45, 7) is 8.49. The fraction of sp³-hybridized carbons (Fsp3) is 0.333. The Morgan fingerprint density at radius 3 is 2.40 bits per heavy atom. The van der Waals surface area contributed by atoms with Crippen molar-refractivity contribution in [2.75, 3.05) is 6.54 Å². The second-order valence-corrected chi connectivity index (χ2v) is 6.75. The van der Waals surface area contributed by atoms with Gasteiger partial charge in [-0.3, -0.25) is 0 Å². The maximum absolute atomic E-state index is 3.56. The average molecular weight is 285 g/mol. The smallest absolute Gasteiger partial charge is 0.0208 e. The first kappa shape index (κ1) is 15.0. The second-order valence-electron chi connectivity index (χ2n) is 5.38. The highest BCUT2D eigenvalue weighted by Gasteiger charge is 2.04. The van der Waals surface area contributed by atoms with Gasteiger partial charge in [0, 0.05) is 29.3 Å². The van der Waals surface area contributed by atoms with E-state index in [4.69, 9.17) is 0 Å². The van der Waals surface area contributed by atoms with E-state index in [0.717, 1.165) is 19.5 Å². The molecule has 2 rings (SSSR count). The predicted octanol–water partition coefficient (Wildman–Crippen LogP) is 4.73. The second kappa shape index (κ2) is 7.41. The number of rotatable bonds is 6. The van der Waals surface area contributed by atoms with Crippen LogP contribution in [0.25, 0.3) is 0 Å². The molecule has 20 heavy (non-hydrogen) atoms. The standard InChI is InChI=1S/C18H23NS/c1-14(2)17(11-18-10-9-15(3)20-18)13-19-12-16-7-5-4-6-8-16/h4-10,19H,11-13H2,1-3H3. The Labute approximate surface area is 126 Å². The summed E-state index contributed by atoms with van der Waals surface area (Å²) in [5, 5.41) is 3.56. The van der Waals surface area contributed by atoms with Crippen LogP contribution in [-0.2, 0) is 13.0 Å². The summed E-state index contributed by atoms with van der Waals surface area (Å²) in [5.41, 5.74) is 4.27. The van der Waals surface area contributed by atoms with Gasteiger partial charge in [-0.2, -0.15) is 0 Å². The van der Waals surface area contributed by atoms with Crippen LogP contribution < -0.4 is 5.32 Å². The summed E-state index contributed by atoms with van der Waals surface area (Å²) >= 11 is 1.90. The van der Waals surface area contributed by atoms with Gasteiger partial charge in [-0.25, -0.2) is 0 Å². The molecule has 0 amide bonds. The zero-order chi connectivity index (χ0) is 14.4. The molecule has 1 N–H and O–H groups in total. The number of allylic oxidation sites excluding steroid dienone is 1. The molecule has 0 radical (unpaired) electrons. The lowest BCUT2D eigenvalue weighted by Crippen LogP contribution is -2.18. The van der Waals surface area contributed by atoms with Crippen LogP contribution in [0.3, 0.4) is 0 Å². The normalized spacial score (nSPS) is 10.6.